The number of nitrogens with zero attached hydrogens (tertiary/aromatic N) is 4. The van der Waals surface area contributed by atoms with Crippen LogP contribution in [-0.2, 0) is 16.8 Å². The normalized spacial score (nSPS) is 17.4. The first-order valence-electron chi connectivity index (χ1n) is 14.6. The van der Waals surface area contributed by atoms with Crippen molar-refractivity contribution in [3.8, 4) is 11.8 Å². The van der Waals surface area contributed by atoms with Gasteiger partial charge in [0, 0.05) is 60.3 Å². The Morgan fingerprint density at radius 1 is 1.17 bits per heavy atom. The Balaban J connectivity index is 1.43. The number of pyridine rings is 1. The van der Waals surface area contributed by atoms with Gasteiger partial charge in [-0.1, -0.05) is 26.8 Å². The van der Waals surface area contributed by atoms with Crippen LogP contribution in [0.5, 0.6) is 5.75 Å². The summed E-state index contributed by atoms with van der Waals surface area (Å²) in [5, 5.41) is 27.3. The van der Waals surface area contributed by atoms with Crippen molar-refractivity contribution in [2.45, 2.75) is 77.2 Å². The van der Waals surface area contributed by atoms with Gasteiger partial charge in [-0.05, 0) is 55.7 Å². The average molecular weight is 558 g/mol. The predicted molar refractivity (Wildman–Crippen MR) is 156 cm³/mol. The highest BCUT2D eigenvalue weighted by molar-refractivity contribution is 6.05. The van der Waals surface area contributed by atoms with Crippen molar-refractivity contribution in [3.05, 3.63) is 52.3 Å². The highest BCUT2D eigenvalue weighted by atomic mass is 16.5. The van der Waals surface area contributed by atoms with Gasteiger partial charge in [-0.2, -0.15) is 5.26 Å². The third-order valence-electron chi connectivity index (χ3n) is 8.23. The van der Waals surface area contributed by atoms with Crippen molar-refractivity contribution in [3.63, 3.8) is 0 Å². The number of piperidine rings is 1. The Bertz CT molecular complexity index is 1390. The zero-order chi connectivity index (χ0) is 29.3. The smallest absolute Gasteiger partial charge is 0.303 e. The van der Waals surface area contributed by atoms with E-state index in [2.05, 4.69) is 37.8 Å². The van der Waals surface area contributed by atoms with Crippen molar-refractivity contribution in [1.29, 1.82) is 10.7 Å². The number of fused-ring (bicyclic) bond motifs is 1. The monoisotopic (exact) mass is 557 g/mol. The van der Waals surface area contributed by atoms with E-state index in [0.29, 0.717) is 54.8 Å². The molecule has 1 aromatic heterocycles. The molecule has 1 saturated carbocycles. The van der Waals surface area contributed by atoms with Crippen LogP contribution in [0.3, 0.4) is 0 Å². The molecule has 1 aliphatic carbocycles. The molecule has 0 radical (unpaired) electrons. The van der Waals surface area contributed by atoms with Crippen LogP contribution in [0, 0.1) is 22.7 Å². The van der Waals surface area contributed by atoms with Crippen molar-refractivity contribution in [2.75, 3.05) is 31.1 Å². The van der Waals surface area contributed by atoms with Gasteiger partial charge in [0.25, 0.3) is 0 Å². The van der Waals surface area contributed by atoms with Crippen LogP contribution in [-0.4, -0.2) is 58.8 Å². The van der Waals surface area contributed by atoms with Crippen molar-refractivity contribution in [2.24, 2.45) is 5.92 Å². The van der Waals surface area contributed by atoms with E-state index < -0.39 is 5.97 Å². The molecule has 1 aromatic carbocycles. The van der Waals surface area contributed by atoms with Gasteiger partial charge in [0.15, 0.2) is 5.78 Å². The minimum atomic E-state index is -0.863. The highest BCUT2D eigenvalue weighted by Crippen LogP contribution is 2.42. The van der Waals surface area contributed by atoms with E-state index in [9.17, 15) is 14.9 Å². The lowest BCUT2D eigenvalue weighted by Crippen LogP contribution is -2.34. The lowest BCUT2D eigenvalue weighted by molar-refractivity contribution is -0.137. The predicted octanol–water partition coefficient (Wildman–Crippen LogP) is 5.26. The molecule has 0 amide bonds. The number of carbonyl (C=O) groups excluding carboxylic acids is 1. The molecular weight excluding hydrogens is 518 g/mol. The third-order valence-corrected chi connectivity index (χ3v) is 8.23. The summed E-state index contributed by atoms with van der Waals surface area (Å²) in [5.41, 5.74) is 4.60. The number of Topliss-reactive ketones (excluding diaryl/α,β-unsaturated/α-hetero) is 1. The van der Waals surface area contributed by atoms with Gasteiger partial charge in [-0.25, -0.2) is 4.98 Å². The molecule has 2 N–H and O–H groups in total. The van der Waals surface area contributed by atoms with E-state index in [1.54, 1.807) is 4.90 Å². The zero-order valence-corrected chi connectivity index (χ0v) is 24.2. The van der Waals surface area contributed by atoms with Crippen LogP contribution in [0.1, 0.15) is 98.1 Å². The molecule has 3 aliphatic rings. The molecule has 2 fully saturated rings. The number of ketones is 1. The Morgan fingerprint density at radius 3 is 2.54 bits per heavy atom. The number of aromatic nitrogens is 1. The van der Waals surface area contributed by atoms with Gasteiger partial charge < -0.3 is 19.6 Å². The number of carboxylic acid groups (broad SMARTS) is 1. The van der Waals surface area contributed by atoms with E-state index in [1.807, 2.05) is 18.2 Å². The Morgan fingerprint density at radius 2 is 1.90 bits per heavy atom. The van der Waals surface area contributed by atoms with E-state index in [-0.39, 0.29) is 36.7 Å². The Labute approximate surface area is 241 Å². The second kappa shape index (κ2) is 11.5. The van der Waals surface area contributed by atoms with Crippen LogP contribution in [0.15, 0.2) is 24.3 Å². The maximum atomic E-state index is 13.8. The summed E-state index contributed by atoms with van der Waals surface area (Å²) < 4.78 is 6.28. The largest absolute Gasteiger partial charge is 0.491 e. The first-order valence-corrected chi connectivity index (χ1v) is 14.6. The standard InChI is InChI=1S/C32H39N5O4/c1-32(2,3)24-15-23(27(38)19-37-18-22-8-9-25(21-6-7-21)35-29(22)31(37)34)16-26(30(24)41-14-4-5-28(39)40)36-12-10-20(17-33)11-13-36/h8-9,15-16,20-21,34H,4-7,10-14,18-19H2,1-3H3,(H,39,40). The summed E-state index contributed by atoms with van der Waals surface area (Å²) >= 11 is 0. The van der Waals surface area contributed by atoms with E-state index in [4.69, 9.17) is 20.2 Å². The van der Waals surface area contributed by atoms with Crippen LogP contribution in [0.2, 0.25) is 0 Å². The maximum absolute atomic E-state index is 13.8. The van der Waals surface area contributed by atoms with Gasteiger partial charge >= 0.3 is 5.97 Å². The average Bonchev–Trinajstić information content (AvgIpc) is 3.75. The lowest BCUT2D eigenvalue weighted by atomic mass is 9.84. The fourth-order valence-corrected chi connectivity index (χ4v) is 5.64. The fraction of sp³-hybridized carbons (Fsp3) is 0.531. The van der Waals surface area contributed by atoms with Crippen LogP contribution >= 0.6 is 0 Å². The van der Waals surface area contributed by atoms with Crippen molar-refractivity contribution in [1.82, 2.24) is 9.88 Å². The molecule has 2 aromatic rings. The second-order valence-corrected chi connectivity index (χ2v) is 12.5. The summed E-state index contributed by atoms with van der Waals surface area (Å²) in [6, 6.07) is 10.3. The molecular formula is C32H39N5O4. The summed E-state index contributed by atoms with van der Waals surface area (Å²) in [5.74, 6) is 0.534. The zero-order valence-electron chi connectivity index (χ0n) is 24.2. The van der Waals surface area contributed by atoms with Crippen molar-refractivity contribution < 1.29 is 19.4 Å². The van der Waals surface area contributed by atoms with E-state index >= 15 is 0 Å². The topological polar surface area (TPSA) is 131 Å². The first-order chi connectivity index (χ1) is 19.5. The molecule has 2 aliphatic heterocycles. The number of nitriles is 1. The SMILES string of the molecule is CC(C)(C)c1cc(C(=O)CN2Cc3ccc(C4CC4)nc3C2=N)cc(N2CCC(C#N)CC2)c1OCCCC(=O)O. The summed E-state index contributed by atoms with van der Waals surface area (Å²) in [7, 11) is 0. The van der Waals surface area contributed by atoms with Crippen LogP contribution in [0.25, 0.3) is 0 Å². The first kappa shape index (κ1) is 28.6. The van der Waals surface area contributed by atoms with Gasteiger partial charge in [-0.3, -0.25) is 15.0 Å². The molecule has 0 bridgehead atoms. The number of nitrogens with one attached hydrogen (secondary N) is 1. The summed E-state index contributed by atoms with van der Waals surface area (Å²) in [6.07, 6.45) is 4.16. The molecule has 9 nitrogen and oxygen atoms in total. The van der Waals surface area contributed by atoms with Gasteiger partial charge in [-0.15, -0.1) is 0 Å². The molecule has 5 rings (SSSR count). The van der Waals surface area contributed by atoms with E-state index in [0.717, 1.165) is 48.2 Å². The summed E-state index contributed by atoms with van der Waals surface area (Å²) in [4.78, 5) is 33.6. The number of hydrogen-bond donors (Lipinski definition) is 2. The molecule has 0 atom stereocenters. The quantitative estimate of drug-likeness (QED) is 0.299. The van der Waals surface area contributed by atoms with Gasteiger partial charge in [0.1, 0.15) is 17.3 Å². The number of anilines is 1. The number of hydrogen-bond acceptors (Lipinski definition) is 7. The minimum Gasteiger partial charge on any atom is -0.491 e. The Kier molecular flexibility index (Phi) is 8.03. The summed E-state index contributed by atoms with van der Waals surface area (Å²) in [6.45, 7) is 8.38. The molecule has 1 saturated heterocycles. The number of aliphatic carboxylic acids is 1. The van der Waals surface area contributed by atoms with Crippen molar-refractivity contribution >= 4 is 23.3 Å². The maximum Gasteiger partial charge on any atom is 0.303 e. The number of rotatable bonds is 10. The minimum absolute atomic E-state index is 0.00920. The third kappa shape index (κ3) is 6.37. The lowest BCUT2D eigenvalue weighted by Gasteiger charge is -2.35. The number of ether oxygens (including phenoxy) is 1. The number of benzene rings is 1. The van der Waals surface area contributed by atoms with Crippen LogP contribution < -0.4 is 9.64 Å². The second-order valence-electron chi connectivity index (χ2n) is 12.5. The van der Waals surface area contributed by atoms with Gasteiger partial charge in [0.2, 0.25) is 0 Å². The van der Waals surface area contributed by atoms with Crippen LogP contribution in [0.4, 0.5) is 5.69 Å². The number of amidine groups is 1. The highest BCUT2D eigenvalue weighted by Gasteiger charge is 2.33. The fourth-order valence-electron chi connectivity index (χ4n) is 5.64. The molecule has 216 valence electrons. The molecule has 3 heterocycles. The van der Waals surface area contributed by atoms with Gasteiger partial charge in [0.05, 0.1) is 24.9 Å². The molecule has 9 heteroatoms. The molecule has 0 spiro atoms. The van der Waals surface area contributed by atoms with E-state index in [1.165, 1.54) is 0 Å². The number of carbonyl (C=O) groups is 2. The Hall–Kier alpha value is -3.93. The molecule has 0 unspecified atom stereocenters. The number of carboxylic acids is 1. The molecule has 41 heavy (non-hydrogen) atoms.